The van der Waals surface area contributed by atoms with Crippen molar-refractivity contribution in [1.29, 1.82) is 0 Å². The monoisotopic (exact) mass is 252 g/mol. The van der Waals surface area contributed by atoms with Gasteiger partial charge in [0.15, 0.2) is 0 Å². The molecule has 0 aliphatic carbocycles. The number of anilines is 1. The van der Waals surface area contributed by atoms with Crippen LogP contribution in [0.1, 0.15) is 19.8 Å². The van der Waals surface area contributed by atoms with Gasteiger partial charge in [-0.15, -0.1) is 0 Å². The summed E-state index contributed by atoms with van der Waals surface area (Å²) in [4.78, 5) is 13.4. The van der Waals surface area contributed by atoms with Crippen LogP contribution in [0.4, 0.5) is 5.82 Å². The van der Waals surface area contributed by atoms with Crippen LogP contribution in [-0.2, 0) is 0 Å². The van der Waals surface area contributed by atoms with Gasteiger partial charge in [-0.1, -0.05) is 11.6 Å². The molecule has 0 bridgehead atoms. The van der Waals surface area contributed by atoms with Crippen molar-refractivity contribution in [1.82, 2.24) is 14.9 Å². The van der Waals surface area contributed by atoms with Crippen LogP contribution in [0, 0.1) is 0 Å². The molecule has 1 aromatic heterocycles. The maximum atomic E-state index is 5.91. The minimum Gasteiger partial charge on any atom is -0.350 e. The number of hydrogen-bond acceptors (Lipinski definition) is 4. The summed E-state index contributed by atoms with van der Waals surface area (Å²) in [6.07, 6.45) is 6.03. The Balaban J connectivity index is 1.83. The molecule has 2 unspecified atom stereocenters. The second-order valence-corrected chi connectivity index (χ2v) is 5.38. The summed E-state index contributed by atoms with van der Waals surface area (Å²) in [7, 11) is 0. The van der Waals surface area contributed by atoms with Gasteiger partial charge in [-0.25, -0.2) is 4.98 Å². The van der Waals surface area contributed by atoms with Crippen LogP contribution >= 0.6 is 11.6 Å². The standard InChI is InChI=1S/C12H17ClN4/c1-9-7-16-4-2-3-10(16)8-17(9)12-6-14-5-11(13)15-12/h5-6,9-10H,2-4,7-8H2,1H3. The van der Waals surface area contributed by atoms with E-state index in [4.69, 9.17) is 11.6 Å². The summed E-state index contributed by atoms with van der Waals surface area (Å²) >= 11 is 5.91. The van der Waals surface area contributed by atoms with Crippen molar-refractivity contribution in [3.8, 4) is 0 Å². The first-order valence-electron chi connectivity index (χ1n) is 6.22. The minimum absolute atomic E-state index is 0.476. The van der Waals surface area contributed by atoms with Crippen molar-refractivity contribution in [3.63, 3.8) is 0 Å². The van der Waals surface area contributed by atoms with Crippen LogP contribution in [-0.4, -0.2) is 46.6 Å². The van der Waals surface area contributed by atoms with E-state index in [0.717, 1.165) is 18.9 Å². The van der Waals surface area contributed by atoms with E-state index in [1.165, 1.54) is 19.4 Å². The fourth-order valence-electron chi connectivity index (χ4n) is 2.98. The predicted octanol–water partition coefficient (Wildman–Crippen LogP) is 1.80. The van der Waals surface area contributed by atoms with Gasteiger partial charge < -0.3 is 4.90 Å². The number of nitrogens with zero attached hydrogens (tertiary/aromatic N) is 4. The SMILES string of the molecule is CC1CN2CCCC2CN1c1cncc(Cl)n1. The molecule has 3 rings (SSSR count). The summed E-state index contributed by atoms with van der Waals surface area (Å²) in [6, 6.07) is 1.17. The molecule has 0 spiro atoms. The van der Waals surface area contributed by atoms with Crippen molar-refractivity contribution in [3.05, 3.63) is 17.5 Å². The first-order valence-corrected chi connectivity index (χ1v) is 6.60. The van der Waals surface area contributed by atoms with Crippen molar-refractivity contribution in [2.75, 3.05) is 24.5 Å². The Hall–Kier alpha value is -0.870. The van der Waals surface area contributed by atoms with Gasteiger partial charge in [0.05, 0.1) is 12.4 Å². The molecule has 92 valence electrons. The average molecular weight is 253 g/mol. The molecule has 0 aromatic carbocycles. The molecule has 1 aromatic rings. The molecule has 4 nitrogen and oxygen atoms in total. The van der Waals surface area contributed by atoms with Crippen LogP contribution in [0.3, 0.4) is 0 Å². The van der Waals surface area contributed by atoms with Crippen LogP contribution in [0.25, 0.3) is 0 Å². The normalized spacial score (nSPS) is 29.4. The molecular formula is C12H17ClN4. The van der Waals surface area contributed by atoms with Crippen LogP contribution < -0.4 is 4.90 Å². The first kappa shape index (κ1) is 11.2. The van der Waals surface area contributed by atoms with E-state index in [0.29, 0.717) is 17.2 Å². The summed E-state index contributed by atoms with van der Waals surface area (Å²) in [6.45, 7) is 5.68. The zero-order chi connectivity index (χ0) is 11.8. The molecule has 0 amide bonds. The Morgan fingerprint density at radius 3 is 3.06 bits per heavy atom. The molecule has 2 saturated heterocycles. The fourth-order valence-corrected chi connectivity index (χ4v) is 3.12. The van der Waals surface area contributed by atoms with E-state index in [2.05, 4.69) is 26.7 Å². The van der Waals surface area contributed by atoms with E-state index in [1.54, 1.807) is 6.20 Å². The topological polar surface area (TPSA) is 32.3 Å². The van der Waals surface area contributed by atoms with Gasteiger partial charge in [-0.3, -0.25) is 9.88 Å². The van der Waals surface area contributed by atoms with E-state index in [1.807, 2.05) is 6.20 Å². The smallest absolute Gasteiger partial charge is 0.149 e. The molecule has 0 N–H and O–H groups in total. The van der Waals surface area contributed by atoms with Crippen molar-refractivity contribution < 1.29 is 0 Å². The van der Waals surface area contributed by atoms with E-state index in [-0.39, 0.29) is 0 Å². The lowest BCUT2D eigenvalue weighted by Gasteiger charge is -2.42. The number of halogens is 1. The number of rotatable bonds is 1. The highest BCUT2D eigenvalue weighted by Gasteiger charge is 2.34. The summed E-state index contributed by atoms with van der Waals surface area (Å²) in [5.41, 5.74) is 0. The Bertz CT molecular complexity index is 411. The molecule has 2 atom stereocenters. The van der Waals surface area contributed by atoms with Gasteiger partial charge in [0.25, 0.3) is 0 Å². The molecule has 2 aliphatic rings. The highest BCUT2D eigenvalue weighted by atomic mass is 35.5. The molecule has 0 saturated carbocycles. The largest absolute Gasteiger partial charge is 0.350 e. The first-order chi connectivity index (χ1) is 8.24. The third-order valence-electron chi connectivity index (χ3n) is 3.82. The van der Waals surface area contributed by atoms with Gasteiger partial charge in [0.1, 0.15) is 11.0 Å². The second kappa shape index (κ2) is 4.42. The Morgan fingerprint density at radius 1 is 1.35 bits per heavy atom. The van der Waals surface area contributed by atoms with E-state index < -0.39 is 0 Å². The van der Waals surface area contributed by atoms with Gasteiger partial charge >= 0.3 is 0 Å². The van der Waals surface area contributed by atoms with Crippen LogP contribution in [0.2, 0.25) is 5.15 Å². The molecule has 17 heavy (non-hydrogen) atoms. The van der Waals surface area contributed by atoms with E-state index in [9.17, 15) is 0 Å². The number of hydrogen-bond donors (Lipinski definition) is 0. The second-order valence-electron chi connectivity index (χ2n) is 4.99. The van der Waals surface area contributed by atoms with Crippen molar-refractivity contribution in [2.24, 2.45) is 0 Å². The zero-order valence-corrected chi connectivity index (χ0v) is 10.8. The molecule has 2 aliphatic heterocycles. The van der Waals surface area contributed by atoms with Gasteiger partial charge in [0, 0.05) is 25.2 Å². The van der Waals surface area contributed by atoms with Gasteiger partial charge in [0.2, 0.25) is 0 Å². The molecular weight excluding hydrogens is 236 g/mol. The minimum atomic E-state index is 0.476. The zero-order valence-electron chi connectivity index (χ0n) is 10.0. The molecule has 0 radical (unpaired) electrons. The van der Waals surface area contributed by atoms with Crippen molar-refractivity contribution in [2.45, 2.75) is 31.8 Å². The van der Waals surface area contributed by atoms with Crippen LogP contribution in [0.15, 0.2) is 12.4 Å². The predicted molar refractivity (Wildman–Crippen MR) is 68.4 cm³/mol. The lowest BCUT2D eigenvalue weighted by Crippen LogP contribution is -2.55. The lowest BCUT2D eigenvalue weighted by molar-refractivity contribution is 0.202. The third-order valence-corrected chi connectivity index (χ3v) is 4.01. The van der Waals surface area contributed by atoms with Crippen LogP contribution in [0.5, 0.6) is 0 Å². The third kappa shape index (κ3) is 2.11. The lowest BCUT2D eigenvalue weighted by atomic mass is 10.1. The molecule has 3 heterocycles. The fraction of sp³-hybridized carbons (Fsp3) is 0.667. The van der Waals surface area contributed by atoms with Gasteiger partial charge in [-0.2, -0.15) is 0 Å². The summed E-state index contributed by atoms with van der Waals surface area (Å²) < 4.78 is 0. The Kier molecular flexibility index (Phi) is 2.92. The molecule has 2 fully saturated rings. The van der Waals surface area contributed by atoms with Crippen molar-refractivity contribution >= 4 is 17.4 Å². The number of fused-ring (bicyclic) bond motifs is 1. The quantitative estimate of drug-likeness (QED) is 0.763. The maximum absolute atomic E-state index is 5.91. The Labute approximate surface area is 107 Å². The summed E-state index contributed by atoms with van der Waals surface area (Å²) in [5, 5.41) is 0.476. The van der Waals surface area contributed by atoms with Gasteiger partial charge in [-0.05, 0) is 26.3 Å². The maximum Gasteiger partial charge on any atom is 0.149 e. The highest BCUT2D eigenvalue weighted by molar-refractivity contribution is 6.29. The average Bonchev–Trinajstić information content (AvgIpc) is 2.75. The van der Waals surface area contributed by atoms with E-state index >= 15 is 0 Å². The Morgan fingerprint density at radius 2 is 2.24 bits per heavy atom. The summed E-state index contributed by atoms with van der Waals surface area (Å²) in [5.74, 6) is 0.913. The molecule has 5 heteroatoms. The number of aromatic nitrogens is 2. The number of piperazine rings is 1. The highest BCUT2D eigenvalue weighted by Crippen LogP contribution is 2.27.